The highest BCUT2D eigenvalue weighted by Crippen LogP contribution is 2.12. The van der Waals surface area contributed by atoms with E-state index in [0.717, 1.165) is 12.8 Å². The number of halogens is 1. The summed E-state index contributed by atoms with van der Waals surface area (Å²) in [7, 11) is 0. The lowest BCUT2D eigenvalue weighted by molar-refractivity contribution is -0.0677. The van der Waals surface area contributed by atoms with Crippen LogP contribution in [-0.2, 0) is 4.74 Å². The molecule has 0 bridgehead atoms. The van der Waals surface area contributed by atoms with Crippen molar-refractivity contribution in [3.8, 4) is 0 Å². The van der Waals surface area contributed by atoms with Crippen molar-refractivity contribution < 1.29 is 9.13 Å². The molecule has 0 N–H and O–H groups in total. The first kappa shape index (κ1) is 5.04. The molecule has 1 fully saturated rings. The zero-order chi connectivity index (χ0) is 5.11. The van der Waals surface area contributed by atoms with Crippen LogP contribution < -0.4 is 0 Å². The van der Waals surface area contributed by atoms with Crippen LogP contribution in [0.1, 0.15) is 19.3 Å². The Morgan fingerprint density at radius 2 is 2.29 bits per heavy atom. The van der Waals surface area contributed by atoms with E-state index < -0.39 is 6.36 Å². The number of rotatable bonds is 0. The van der Waals surface area contributed by atoms with Gasteiger partial charge in [0, 0.05) is 6.42 Å². The van der Waals surface area contributed by atoms with Gasteiger partial charge >= 0.3 is 0 Å². The van der Waals surface area contributed by atoms with Crippen LogP contribution in [0.5, 0.6) is 0 Å². The van der Waals surface area contributed by atoms with Gasteiger partial charge in [-0.3, -0.25) is 0 Å². The first-order valence-electron chi connectivity index (χ1n) is 2.65. The topological polar surface area (TPSA) is 9.23 Å². The van der Waals surface area contributed by atoms with Gasteiger partial charge in [0.25, 0.3) is 0 Å². The Balaban J connectivity index is 2.12. The van der Waals surface area contributed by atoms with Crippen LogP contribution in [0.3, 0.4) is 0 Å². The fraction of sp³-hybridized carbons (Fsp3) is 1.00. The fourth-order valence-corrected chi connectivity index (χ4v) is 0.701. The monoisotopic (exact) mass is 104 g/mol. The second-order valence-electron chi connectivity index (χ2n) is 1.78. The van der Waals surface area contributed by atoms with Gasteiger partial charge in [0.15, 0.2) is 6.36 Å². The van der Waals surface area contributed by atoms with Gasteiger partial charge < -0.3 is 4.74 Å². The Morgan fingerprint density at radius 3 is 2.57 bits per heavy atom. The summed E-state index contributed by atoms with van der Waals surface area (Å²) in [5, 5.41) is 0. The average molecular weight is 104 g/mol. The van der Waals surface area contributed by atoms with E-state index in [1.807, 2.05) is 0 Å². The molecule has 0 aliphatic carbocycles. The summed E-state index contributed by atoms with van der Waals surface area (Å²) in [4.78, 5) is 0. The second-order valence-corrected chi connectivity index (χ2v) is 1.78. The maximum absolute atomic E-state index is 12.0. The van der Waals surface area contributed by atoms with Crippen LogP contribution in [0.25, 0.3) is 0 Å². The fourth-order valence-electron chi connectivity index (χ4n) is 0.701. The van der Waals surface area contributed by atoms with Crippen LogP contribution in [-0.4, -0.2) is 13.0 Å². The summed E-state index contributed by atoms with van der Waals surface area (Å²) in [5.74, 6) is 0. The minimum absolute atomic E-state index is 0.597. The molecule has 1 aliphatic heterocycles. The van der Waals surface area contributed by atoms with Gasteiger partial charge in [-0.25, -0.2) is 4.39 Å². The largest absolute Gasteiger partial charge is 0.348 e. The van der Waals surface area contributed by atoms with Crippen molar-refractivity contribution in [2.45, 2.75) is 25.6 Å². The van der Waals surface area contributed by atoms with Crippen molar-refractivity contribution in [1.29, 1.82) is 0 Å². The molecule has 0 amide bonds. The van der Waals surface area contributed by atoms with Crippen LogP contribution in [0.2, 0.25) is 0 Å². The zero-order valence-electron chi connectivity index (χ0n) is 4.19. The Hall–Kier alpha value is -0.110. The van der Waals surface area contributed by atoms with Crippen molar-refractivity contribution in [2.24, 2.45) is 0 Å². The SMILES string of the molecule is FC1CCCCO1. The number of ether oxygens (including phenoxy) is 1. The third-order valence-corrected chi connectivity index (χ3v) is 1.12. The number of hydrogen-bond acceptors (Lipinski definition) is 1. The molecule has 1 aliphatic rings. The Morgan fingerprint density at radius 1 is 1.43 bits per heavy atom. The van der Waals surface area contributed by atoms with E-state index in [-0.39, 0.29) is 0 Å². The summed E-state index contributed by atoms with van der Waals surface area (Å²) >= 11 is 0. The summed E-state index contributed by atoms with van der Waals surface area (Å²) in [6.07, 6.45) is 1.65. The van der Waals surface area contributed by atoms with Gasteiger partial charge in [0.2, 0.25) is 0 Å². The average Bonchev–Trinajstić information content (AvgIpc) is 1.69. The summed E-state index contributed by atoms with van der Waals surface area (Å²) in [6.45, 7) is 0.612. The summed E-state index contributed by atoms with van der Waals surface area (Å²) in [6, 6.07) is 0. The minimum Gasteiger partial charge on any atom is -0.348 e. The van der Waals surface area contributed by atoms with Gasteiger partial charge in [0.1, 0.15) is 0 Å². The maximum Gasteiger partial charge on any atom is 0.198 e. The van der Waals surface area contributed by atoms with Gasteiger partial charge in [0.05, 0.1) is 6.61 Å². The Labute approximate surface area is 42.5 Å². The molecular weight excluding hydrogens is 95.1 g/mol. The highest BCUT2D eigenvalue weighted by atomic mass is 19.1. The predicted molar refractivity (Wildman–Crippen MR) is 24.7 cm³/mol. The molecule has 0 radical (unpaired) electrons. The van der Waals surface area contributed by atoms with Crippen molar-refractivity contribution >= 4 is 0 Å². The smallest absolute Gasteiger partial charge is 0.198 e. The second kappa shape index (κ2) is 2.26. The Kier molecular flexibility index (Phi) is 1.63. The van der Waals surface area contributed by atoms with E-state index in [0.29, 0.717) is 13.0 Å². The highest BCUT2D eigenvalue weighted by Gasteiger charge is 2.09. The van der Waals surface area contributed by atoms with E-state index >= 15 is 0 Å². The molecule has 1 nitrogen and oxygen atoms in total. The molecule has 1 unspecified atom stereocenters. The third kappa shape index (κ3) is 1.43. The van der Waals surface area contributed by atoms with Crippen molar-refractivity contribution in [2.75, 3.05) is 6.61 Å². The summed E-state index contributed by atoms with van der Waals surface area (Å²) < 4.78 is 16.6. The summed E-state index contributed by atoms with van der Waals surface area (Å²) in [5.41, 5.74) is 0. The minimum atomic E-state index is -0.964. The molecule has 0 saturated carbocycles. The molecule has 0 aromatic heterocycles. The van der Waals surface area contributed by atoms with E-state index in [1.54, 1.807) is 0 Å². The lowest BCUT2D eigenvalue weighted by atomic mass is 10.2. The third-order valence-electron chi connectivity index (χ3n) is 1.12. The molecule has 1 rings (SSSR count). The lowest BCUT2D eigenvalue weighted by Crippen LogP contribution is -2.12. The first-order valence-corrected chi connectivity index (χ1v) is 2.65. The standard InChI is InChI=1S/C5H9FO/c6-5-3-1-2-4-7-5/h5H,1-4H2. The molecule has 1 heterocycles. The van der Waals surface area contributed by atoms with Crippen molar-refractivity contribution in [1.82, 2.24) is 0 Å². The maximum atomic E-state index is 12.0. The number of alkyl halides is 1. The number of hydrogen-bond donors (Lipinski definition) is 0. The van der Waals surface area contributed by atoms with Gasteiger partial charge in [-0.1, -0.05) is 0 Å². The molecule has 42 valence electrons. The highest BCUT2D eigenvalue weighted by molar-refractivity contribution is 4.50. The molecule has 1 atom stereocenters. The van der Waals surface area contributed by atoms with Gasteiger partial charge in [-0.15, -0.1) is 0 Å². The molecule has 2 heteroatoms. The molecular formula is C5H9FO. The van der Waals surface area contributed by atoms with E-state index in [2.05, 4.69) is 4.74 Å². The molecule has 1 saturated heterocycles. The van der Waals surface area contributed by atoms with Crippen LogP contribution in [0.15, 0.2) is 0 Å². The first-order chi connectivity index (χ1) is 3.39. The van der Waals surface area contributed by atoms with E-state index in [1.165, 1.54) is 0 Å². The van der Waals surface area contributed by atoms with Gasteiger partial charge in [-0.05, 0) is 12.8 Å². The van der Waals surface area contributed by atoms with Gasteiger partial charge in [-0.2, -0.15) is 0 Å². The molecule has 7 heavy (non-hydrogen) atoms. The van der Waals surface area contributed by atoms with Crippen LogP contribution in [0, 0.1) is 0 Å². The normalized spacial score (nSPS) is 33.0. The van der Waals surface area contributed by atoms with Crippen LogP contribution >= 0.6 is 0 Å². The predicted octanol–water partition coefficient (Wildman–Crippen LogP) is 1.48. The quantitative estimate of drug-likeness (QED) is 0.452. The zero-order valence-corrected chi connectivity index (χ0v) is 4.19. The van der Waals surface area contributed by atoms with Crippen LogP contribution in [0.4, 0.5) is 4.39 Å². The van der Waals surface area contributed by atoms with E-state index in [4.69, 9.17) is 0 Å². The molecule has 0 spiro atoms. The Bertz CT molecular complexity index is 50.0. The molecule has 0 aromatic rings. The van der Waals surface area contributed by atoms with Crippen molar-refractivity contribution in [3.05, 3.63) is 0 Å². The molecule has 0 aromatic carbocycles. The lowest BCUT2D eigenvalue weighted by Gasteiger charge is -2.13. The van der Waals surface area contributed by atoms with Crippen molar-refractivity contribution in [3.63, 3.8) is 0 Å². The van der Waals surface area contributed by atoms with E-state index in [9.17, 15) is 4.39 Å².